The van der Waals surface area contributed by atoms with Crippen molar-refractivity contribution in [2.24, 2.45) is 5.10 Å². The van der Waals surface area contributed by atoms with Crippen molar-refractivity contribution in [1.82, 2.24) is 0 Å². The van der Waals surface area contributed by atoms with E-state index in [4.69, 9.17) is 0 Å². The Morgan fingerprint density at radius 2 is 1.94 bits per heavy atom. The Hall–Kier alpha value is -2.56. The second-order valence-corrected chi connectivity index (χ2v) is 3.35. The van der Waals surface area contributed by atoms with Crippen molar-refractivity contribution in [3.63, 3.8) is 0 Å². The van der Waals surface area contributed by atoms with E-state index in [0.717, 1.165) is 0 Å². The Balaban J connectivity index is 2.22. The fourth-order valence-corrected chi connectivity index (χ4v) is 1.32. The van der Waals surface area contributed by atoms with Crippen LogP contribution in [0.2, 0.25) is 0 Å². The SMILES string of the molecule is O=[N+]([O-])c1cccc(/C=N/[n+]2ccccc2)c1. The van der Waals surface area contributed by atoms with Crippen LogP contribution in [0, 0.1) is 10.1 Å². The highest BCUT2D eigenvalue weighted by Gasteiger charge is 2.04. The molecular formula is C12H10N3O2+. The molecule has 0 aliphatic carbocycles. The van der Waals surface area contributed by atoms with Crippen molar-refractivity contribution in [3.8, 4) is 0 Å². The smallest absolute Gasteiger partial charge is 0.258 e. The van der Waals surface area contributed by atoms with Crippen molar-refractivity contribution in [1.29, 1.82) is 0 Å². The first kappa shape index (κ1) is 10.9. The molecule has 0 saturated carbocycles. The van der Waals surface area contributed by atoms with Gasteiger partial charge < -0.3 is 0 Å². The Morgan fingerprint density at radius 3 is 2.65 bits per heavy atom. The average molecular weight is 228 g/mol. The molecule has 2 rings (SSSR count). The largest absolute Gasteiger partial charge is 0.270 e. The summed E-state index contributed by atoms with van der Waals surface area (Å²) in [6, 6.07) is 11.9. The van der Waals surface area contributed by atoms with Gasteiger partial charge in [-0.25, -0.2) is 0 Å². The van der Waals surface area contributed by atoms with Crippen LogP contribution in [0.4, 0.5) is 5.69 Å². The number of rotatable bonds is 3. The van der Waals surface area contributed by atoms with Crippen LogP contribution < -0.4 is 4.68 Å². The number of nitro benzene ring substituents is 1. The van der Waals surface area contributed by atoms with E-state index in [0.29, 0.717) is 5.56 Å². The molecule has 0 unspecified atom stereocenters. The third-order valence-corrected chi connectivity index (χ3v) is 2.12. The van der Waals surface area contributed by atoms with E-state index in [1.54, 1.807) is 35.4 Å². The second-order valence-electron chi connectivity index (χ2n) is 3.35. The van der Waals surface area contributed by atoms with Crippen LogP contribution >= 0.6 is 0 Å². The molecule has 0 aliphatic rings. The lowest BCUT2D eigenvalue weighted by Gasteiger charge is -1.92. The predicted molar refractivity (Wildman–Crippen MR) is 62.7 cm³/mol. The minimum Gasteiger partial charge on any atom is -0.258 e. The third kappa shape index (κ3) is 2.94. The zero-order chi connectivity index (χ0) is 12.1. The number of aromatic nitrogens is 1. The Morgan fingerprint density at radius 1 is 1.18 bits per heavy atom. The molecule has 0 aliphatic heterocycles. The number of hydrogen-bond acceptors (Lipinski definition) is 3. The van der Waals surface area contributed by atoms with Gasteiger partial charge in [0.05, 0.1) is 4.92 Å². The zero-order valence-corrected chi connectivity index (χ0v) is 8.93. The van der Waals surface area contributed by atoms with Gasteiger partial charge in [-0.3, -0.25) is 10.1 Å². The molecule has 0 amide bonds. The first-order valence-corrected chi connectivity index (χ1v) is 5.01. The molecule has 1 aromatic heterocycles. The maximum Gasteiger partial charge on any atom is 0.270 e. The highest BCUT2D eigenvalue weighted by atomic mass is 16.6. The molecule has 17 heavy (non-hydrogen) atoms. The summed E-state index contributed by atoms with van der Waals surface area (Å²) in [4.78, 5) is 10.2. The normalized spacial score (nSPS) is 10.6. The quantitative estimate of drug-likeness (QED) is 0.348. The van der Waals surface area contributed by atoms with Crippen molar-refractivity contribution >= 4 is 11.9 Å². The molecule has 1 heterocycles. The van der Waals surface area contributed by atoms with Crippen LogP contribution in [0.3, 0.4) is 0 Å². The maximum absolute atomic E-state index is 10.6. The summed E-state index contributed by atoms with van der Waals surface area (Å²) in [5.74, 6) is 0. The summed E-state index contributed by atoms with van der Waals surface area (Å²) in [7, 11) is 0. The number of nitro groups is 1. The van der Waals surface area contributed by atoms with Gasteiger partial charge in [0.2, 0.25) is 12.4 Å². The van der Waals surface area contributed by atoms with Crippen LogP contribution in [0.1, 0.15) is 5.56 Å². The Kier molecular flexibility index (Phi) is 3.20. The predicted octanol–water partition coefficient (Wildman–Crippen LogP) is 1.76. The molecule has 84 valence electrons. The van der Waals surface area contributed by atoms with Crippen LogP contribution in [0.5, 0.6) is 0 Å². The number of benzene rings is 1. The zero-order valence-electron chi connectivity index (χ0n) is 8.93. The Labute approximate surface area is 97.8 Å². The van der Waals surface area contributed by atoms with Crippen LogP contribution in [0.25, 0.3) is 0 Å². The molecule has 0 fully saturated rings. The molecule has 5 nitrogen and oxygen atoms in total. The first-order chi connectivity index (χ1) is 8.25. The van der Waals surface area contributed by atoms with Gasteiger partial charge in [0.1, 0.15) is 6.21 Å². The van der Waals surface area contributed by atoms with Crippen molar-refractivity contribution < 1.29 is 9.60 Å². The summed E-state index contributed by atoms with van der Waals surface area (Å²) < 4.78 is 1.62. The summed E-state index contributed by atoms with van der Waals surface area (Å²) in [6.07, 6.45) is 5.15. The standard InChI is InChI=1S/C12H10N3O2/c16-15(17)12-6-4-5-11(9-12)10-13-14-7-2-1-3-8-14/h1-10H/q+1/b13-10+. The summed E-state index contributed by atoms with van der Waals surface area (Å²) >= 11 is 0. The molecule has 0 N–H and O–H groups in total. The van der Waals surface area contributed by atoms with Crippen LogP contribution in [0.15, 0.2) is 60.0 Å². The highest BCUT2D eigenvalue weighted by Crippen LogP contribution is 2.11. The van der Waals surface area contributed by atoms with E-state index >= 15 is 0 Å². The lowest BCUT2D eigenvalue weighted by molar-refractivity contribution is -0.678. The highest BCUT2D eigenvalue weighted by molar-refractivity contribution is 5.80. The van der Waals surface area contributed by atoms with Crippen LogP contribution in [-0.4, -0.2) is 11.1 Å². The minimum atomic E-state index is -0.424. The summed E-state index contributed by atoms with van der Waals surface area (Å²) in [6.45, 7) is 0. The minimum absolute atomic E-state index is 0.0620. The number of hydrogen-bond donors (Lipinski definition) is 0. The third-order valence-electron chi connectivity index (χ3n) is 2.12. The van der Waals surface area contributed by atoms with E-state index in [2.05, 4.69) is 5.10 Å². The van der Waals surface area contributed by atoms with Gasteiger partial charge in [0.25, 0.3) is 5.69 Å². The Bertz CT molecular complexity index is 553. The number of nitrogens with zero attached hydrogens (tertiary/aromatic N) is 3. The number of pyridine rings is 1. The van der Waals surface area contributed by atoms with E-state index in [1.165, 1.54) is 12.1 Å². The van der Waals surface area contributed by atoms with Gasteiger partial charge in [0, 0.05) is 29.8 Å². The van der Waals surface area contributed by atoms with E-state index < -0.39 is 4.92 Å². The molecular weight excluding hydrogens is 218 g/mol. The second kappa shape index (κ2) is 4.98. The molecule has 0 bridgehead atoms. The van der Waals surface area contributed by atoms with Crippen LogP contribution in [-0.2, 0) is 0 Å². The topological polar surface area (TPSA) is 59.4 Å². The van der Waals surface area contributed by atoms with Gasteiger partial charge in [-0.2, -0.15) is 0 Å². The van der Waals surface area contributed by atoms with Gasteiger partial charge in [0.15, 0.2) is 0 Å². The van der Waals surface area contributed by atoms with E-state index in [1.807, 2.05) is 18.2 Å². The average Bonchev–Trinajstić information content (AvgIpc) is 2.38. The van der Waals surface area contributed by atoms with E-state index in [9.17, 15) is 10.1 Å². The fraction of sp³-hybridized carbons (Fsp3) is 0. The lowest BCUT2D eigenvalue weighted by atomic mass is 10.2. The number of non-ortho nitro benzene ring substituents is 1. The molecule has 5 heteroatoms. The molecule has 2 aromatic rings. The van der Waals surface area contributed by atoms with Gasteiger partial charge in [-0.05, 0) is 5.10 Å². The van der Waals surface area contributed by atoms with Crippen molar-refractivity contribution in [2.45, 2.75) is 0 Å². The van der Waals surface area contributed by atoms with E-state index in [-0.39, 0.29) is 5.69 Å². The fourth-order valence-electron chi connectivity index (χ4n) is 1.32. The van der Waals surface area contributed by atoms with Gasteiger partial charge >= 0.3 is 0 Å². The molecule has 0 spiro atoms. The maximum atomic E-state index is 10.6. The first-order valence-electron chi connectivity index (χ1n) is 5.01. The van der Waals surface area contributed by atoms with Gasteiger partial charge in [-0.1, -0.05) is 22.9 Å². The molecule has 1 aromatic carbocycles. The molecule has 0 atom stereocenters. The van der Waals surface area contributed by atoms with Gasteiger partial charge in [-0.15, -0.1) is 0 Å². The molecule has 0 radical (unpaired) electrons. The monoisotopic (exact) mass is 228 g/mol. The summed E-state index contributed by atoms with van der Waals surface area (Å²) in [5, 5.41) is 14.7. The molecule has 0 saturated heterocycles. The van der Waals surface area contributed by atoms with Crippen molar-refractivity contribution in [2.75, 3.05) is 0 Å². The lowest BCUT2D eigenvalue weighted by Crippen LogP contribution is -2.25. The van der Waals surface area contributed by atoms with Crippen molar-refractivity contribution in [3.05, 3.63) is 70.5 Å². The summed E-state index contributed by atoms with van der Waals surface area (Å²) in [5.41, 5.74) is 0.752.